The monoisotopic (exact) mass is 250 g/mol. The van der Waals surface area contributed by atoms with Crippen LogP contribution in [0.3, 0.4) is 0 Å². The number of anilines is 1. The molecule has 2 rings (SSSR count). The van der Waals surface area contributed by atoms with Gasteiger partial charge in [-0.15, -0.1) is 0 Å². The number of methoxy groups -OCH3 is 1. The van der Waals surface area contributed by atoms with Gasteiger partial charge in [0, 0.05) is 0 Å². The third-order valence-electron chi connectivity index (χ3n) is 2.14. The number of nitrogens with zero attached hydrogens (tertiary/aromatic N) is 1. The largest absolute Gasteiger partial charge is 0.462 e. The van der Waals surface area contributed by atoms with E-state index in [1.807, 2.05) is 25.1 Å². The molecule has 0 atom stereocenters. The van der Waals surface area contributed by atoms with Gasteiger partial charge in [0.25, 0.3) is 0 Å². The van der Waals surface area contributed by atoms with Crippen LogP contribution < -0.4 is 5.32 Å². The normalized spacial score (nSPS) is 10.2. The molecule has 17 heavy (non-hydrogen) atoms. The van der Waals surface area contributed by atoms with E-state index >= 15 is 0 Å². The van der Waals surface area contributed by atoms with E-state index in [4.69, 9.17) is 0 Å². The number of ether oxygens (including phenoxy) is 1. The van der Waals surface area contributed by atoms with Crippen LogP contribution in [0.4, 0.5) is 5.13 Å². The topological polar surface area (TPSA) is 68.3 Å². The smallest absolute Gasteiger partial charge is 0.396 e. The molecule has 0 saturated carbocycles. The molecule has 0 fully saturated rings. The van der Waals surface area contributed by atoms with E-state index in [9.17, 15) is 9.59 Å². The van der Waals surface area contributed by atoms with Crippen molar-refractivity contribution in [3.05, 3.63) is 23.8 Å². The maximum Gasteiger partial charge on any atom is 0.396 e. The summed E-state index contributed by atoms with van der Waals surface area (Å²) in [5, 5.41) is 2.79. The van der Waals surface area contributed by atoms with E-state index in [1.54, 1.807) is 0 Å². The second-order valence-corrected chi connectivity index (χ2v) is 4.47. The van der Waals surface area contributed by atoms with E-state index in [0.717, 1.165) is 22.9 Å². The molecule has 0 aliphatic rings. The molecule has 1 aromatic heterocycles. The highest BCUT2D eigenvalue weighted by molar-refractivity contribution is 7.22. The first-order valence-electron chi connectivity index (χ1n) is 4.86. The van der Waals surface area contributed by atoms with Gasteiger partial charge in [0.1, 0.15) is 0 Å². The van der Waals surface area contributed by atoms with Crippen LogP contribution in [0.5, 0.6) is 0 Å². The molecule has 5 nitrogen and oxygen atoms in total. The van der Waals surface area contributed by atoms with Crippen molar-refractivity contribution in [2.75, 3.05) is 12.4 Å². The van der Waals surface area contributed by atoms with Gasteiger partial charge in [-0.2, -0.15) is 0 Å². The van der Waals surface area contributed by atoms with Crippen molar-refractivity contribution in [1.82, 2.24) is 4.98 Å². The molecule has 0 radical (unpaired) electrons. The number of thiazole rings is 1. The van der Waals surface area contributed by atoms with E-state index in [0.29, 0.717) is 5.13 Å². The Kier molecular flexibility index (Phi) is 3.06. The maximum absolute atomic E-state index is 11.3. The van der Waals surface area contributed by atoms with Crippen LogP contribution in [0.1, 0.15) is 5.56 Å². The number of fused-ring (bicyclic) bond motifs is 1. The lowest BCUT2D eigenvalue weighted by Crippen LogP contribution is -2.23. The Labute approximate surface area is 101 Å². The minimum absolute atomic E-state index is 0.390. The van der Waals surface area contributed by atoms with Crippen LogP contribution in [0.25, 0.3) is 10.2 Å². The average molecular weight is 250 g/mol. The third kappa shape index (κ3) is 2.42. The Morgan fingerprint density at radius 3 is 2.88 bits per heavy atom. The summed E-state index contributed by atoms with van der Waals surface area (Å²) in [7, 11) is 1.16. The summed E-state index contributed by atoms with van der Waals surface area (Å²) in [6.45, 7) is 1.98. The fourth-order valence-electron chi connectivity index (χ4n) is 1.33. The van der Waals surface area contributed by atoms with Crippen LogP contribution in [0.15, 0.2) is 18.2 Å². The summed E-state index contributed by atoms with van der Waals surface area (Å²) in [6, 6.07) is 5.78. The predicted octanol–water partition coefficient (Wildman–Crippen LogP) is 1.72. The van der Waals surface area contributed by atoms with Crippen molar-refractivity contribution in [2.45, 2.75) is 6.92 Å². The Morgan fingerprint density at radius 2 is 2.18 bits per heavy atom. The minimum Gasteiger partial charge on any atom is -0.462 e. The number of benzene rings is 1. The Bertz CT molecular complexity index is 591. The lowest BCUT2D eigenvalue weighted by molar-refractivity contribution is -0.150. The van der Waals surface area contributed by atoms with Crippen molar-refractivity contribution in [3.8, 4) is 0 Å². The summed E-state index contributed by atoms with van der Waals surface area (Å²) >= 11 is 1.32. The molecule has 0 unspecified atom stereocenters. The maximum atomic E-state index is 11.3. The molecule has 0 bridgehead atoms. The van der Waals surface area contributed by atoms with Gasteiger partial charge >= 0.3 is 11.9 Å². The fourth-order valence-corrected chi connectivity index (χ4v) is 2.29. The first-order valence-corrected chi connectivity index (χ1v) is 5.68. The molecule has 2 aromatic rings. The van der Waals surface area contributed by atoms with Crippen LogP contribution in [-0.4, -0.2) is 24.0 Å². The van der Waals surface area contributed by atoms with Gasteiger partial charge in [0.15, 0.2) is 5.13 Å². The standard InChI is InChI=1S/C11H10N2O3S/c1-6-3-4-7-8(5-6)17-11(12-7)13-9(14)10(15)16-2/h3-5H,1-2H3,(H,12,13,14). The molecular weight excluding hydrogens is 240 g/mol. The molecule has 0 spiro atoms. The molecular formula is C11H10N2O3S. The van der Waals surface area contributed by atoms with Crippen molar-refractivity contribution < 1.29 is 14.3 Å². The first kappa shape index (κ1) is 11.5. The van der Waals surface area contributed by atoms with Crippen LogP contribution >= 0.6 is 11.3 Å². The second-order valence-electron chi connectivity index (χ2n) is 3.44. The number of rotatable bonds is 1. The first-order chi connectivity index (χ1) is 8.10. The lowest BCUT2D eigenvalue weighted by Gasteiger charge is -1.97. The van der Waals surface area contributed by atoms with Crippen LogP contribution in [0.2, 0.25) is 0 Å². The highest BCUT2D eigenvalue weighted by Gasteiger charge is 2.15. The summed E-state index contributed by atoms with van der Waals surface area (Å²) in [5.74, 6) is -1.75. The molecule has 88 valence electrons. The quantitative estimate of drug-likeness (QED) is 0.618. The third-order valence-corrected chi connectivity index (χ3v) is 3.07. The zero-order chi connectivity index (χ0) is 12.4. The van der Waals surface area contributed by atoms with E-state index < -0.39 is 11.9 Å². The lowest BCUT2D eigenvalue weighted by atomic mass is 10.2. The van der Waals surface area contributed by atoms with Gasteiger partial charge in [0.05, 0.1) is 17.3 Å². The van der Waals surface area contributed by atoms with Gasteiger partial charge in [-0.3, -0.25) is 10.1 Å². The van der Waals surface area contributed by atoms with Gasteiger partial charge in [0.2, 0.25) is 0 Å². The Balaban J connectivity index is 2.25. The van der Waals surface area contributed by atoms with Crippen molar-refractivity contribution in [2.24, 2.45) is 0 Å². The minimum atomic E-state index is -0.930. The summed E-state index contributed by atoms with van der Waals surface area (Å²) < 4.78 is 5.27. The van der Waals surface area contributed by atoms with Gasteiger partial charge in [-0.05, 0) is 24.6 Å². The zero-order valence-corrected chi connectivity index (χ0v) is 10.1. The number of amides is 1. The van der Waals surface area contributed by atoms with Crippen LogP contribution in [0, 0.1) is 6.92 Å². The number of aryl methyl sites for hydroxylation is 1. The van der Waals surface area contributed by atoms with E-state index in [1.165, 1.54) is 11.3 Å². The molecule has 1 aromatic carbocycles. The number of esters is 1. The zero-order valence-electron chi connectivity index (χ0n) is 9.31. The number of aromatic nitrogens is 1. The molecule has 0 saturated heterocycles. The molecule has 0 aliphatic carbocycles. The van der Waals surface area contributed by atoms with Gasteiger partial charge in [-0.25, -0.2) is 9.78 Å². The highest BCUT2D eigenvalue weighted by atomic mass is 32.1. The highest BCUT2D eigenvalue weighted by Crippen LogP contribution is 2.26. The number of carbonyl (C=O) groups is 2. The van der Waals surface area contributed by atoms with Gasteiger partial charge in [-0.1, -0.05) is 17.4 Å². The predicted molar refractivity (Wildman–Crippen MR) is 65.0 cm³/mol. The molecule has 1 amide bonds. The summed E-state index contributed by atoms with van der Waals surface area (Å²) in [4.78, 5) is 26.4. The number of carbonyl (C=O) groups excluding carboxylic acids is 2. The van der Waals surface area contributed by atoms with Gasteiger partial charge < -0.3 is 4.74 Å². The van der Waals surface area contributed by atoms with Crippen molar-refractivity contribution in [1.29, 1.82) is 0 Å². The molecule has 6 heteroatoms. The fraction of sp³-hybridized carbons (Fsp3) is 0.182. The molecule has 1 heterocycles. The van der Waals surface area contributed by atoms with E-state index in [2.05, 4.69) is 15.0 Å². The van der Waals surface area contributed by atoms with E-state index in [-0.39, 0.29) is 0 Å². The summed E-state index contributed by atoms with van der Waals surface area (Å²) in [5.41, 5.74) is 1.91. The Morgan fingerprint density at radius 1 is 1.41 bits per heavy atom. The number of nitrogens with one attached hydrogen (secondary N) is 1. The second kappa shape index (κ2) is 4.50. The number of hydrogen-bond acceptors (Lipinski definition) is 5. The average Bonchev–Trinajstić information content (AvgIpc) is 2.69. The SMILES string of the molecule is COC(=O)C(=O)Nc1nc2ccc(C)cc2s1. The number of hydrogen-bond donors (Lipinski definition) is 1. The van der Waals surface area contributed by atoms with Crippen molar-refractivity contribution >= 4 is 38.6 Å². The Hall–Kier alpha value is -1.95. The molecule has 0 aliphatic heterocycles. The summed E-state index contributed by atoms with van der Waals surface area (Å²) in [6.07, 6.45) is 0. The molecule has 1 N–H and O–H groups in total. The van der Waals surface area contributed by atoms with Crippen molar-refractivity contribution in [3.63, 3.8) is 0 Å². The van der Waals surface area contributed by atoms with Crippen LogP contribution in [-0.2, 0) is 14.3 Å².